The zero-order valence-electron chi connectivity index (χ0n) is 8.90. The van der Waals surface area contributed by atoms with Gasteiger partial charge in [0.2, 0.25) is 0 Å². The van der Waals surface area contributed by atoms with Crippen LogP contribution < -0.4 is 5.73 Å². The van der Waals surface area contributed by atoms with E-state index < -0.39 is 0 Å². The second kappa shape index (κ2) is 3.70. The lowest BCUT2D eigenvalue weighted by atomic mass is 9.92. The van der Waals surface area contributed by atoms with Gasteiger partial charge in [-0.2, -0.15) is 0 Å². The fraction of sp³-hybridized carbons (Fsp3) is 0.583. The molecule has 2 unspecified atom stereocenters. The first kappa shape index (κ1) is 9.66. The number of nitrogens with two attached hydrogens (primary N) is 1. The molecule has 2 atom stereocenters. The maximum absolute atomic E-state index is 6.19. The highest BCUT2D eigenvalue weighted by atomic mass is 14.7. The topological polar surface area (TPSA) is 38.9 Å². The fourth-order valence-electron chi connectivity index (χ4n) is 1.90. The lowest BCUT2D eigenvalue weighted by Gasteiger charge is -2.19. The summed E-state index contributed by atoms with van der Waals surface area (Å²) < 4.78 is 0. The third-order valence-electron chi connectivity index (χ3n) is 3.25. The van der Waals surface area contributed by atoms with E-state index in [2.05, 4.69) is 18.0 Å². The van der Waals surface area contributed by atoms with E-state index in [1.807, 2.05) is 19.2 Å². The Morgan fingerprint density at radius 3 is 2.64 bits per heavy atom. The monoisotopic (exact) mass is 190 g/mol. The minimum atomic E-state index is 0.163. The third-order valence-corrected chi connectivity index (χ3v) is 3.25. The van der Waals surface area contributed by atoms with E-state index in [-0.39, 0.29) is 6.04 Å². The predicted octanol–water partition coefficient (Wildman–Crippen LogP) is 2.44. The van der Waals surface area contributed by atoms with Crippen LogP contribution in [0.25, 0.3) is 0 Å². The Morgan fingerprint density at radius 1 is 1.43 bits per heavy atom. The summed E-state index contributed by atoms with van der Waals surface area (Å²) >= 11 is 0. The van der Waals surface area contributed by atoms with Crippen LogP contribution in [0.1, 0.15) is 37.1 Å². The summed E-state index contributed by atoms with van der Waals surface area (Å²) in [5.41, 5.74) is 8.42. The summed E-state index contributed by atoms with van der Waals surface area (Å²) in [5, 5.41) is 0. The molecule has 0 aliphatic heterocycles. The Bertz CT molecular complexity index is 301. The normalized spacial score (nSPS) is 20.5. The van der Waals surface area contributed by atoms with Crippen LogP contribution in [-0.4, -0.2) is 4.98 Å². The molecule has 2 nitrogen and oxygen atoms in total. The van der Waals surface area contributed by atoms with Crippen LogP contribution in [0.15, 0.2) is 18.3 Å². The Balaban J connectivity index is 2.09. The van der Waals surface area contributed by atoms with Gasteiger partial charge in [-0.15, -0.1) is 0 Å². The van der Waals surface area contributed by atoms with Gasteiger partial charge in [0.25, 0.3) is 0 Å². The van der Waals surface area contributed by atoms with Crippen molar-refractivity contribution in [1.82, 2.24) is 4.98 Å². The number of aromatic nitrogens is 1. The van der Waals surface area contributed by atoms with Gasteiger partial charge in [0.1, 0.15) is 0 Å². The van der Waals surface area contributed by atoms with Crippen molar-refractivity contribution < 1.29 is 0 Å². The number of pyridine rings is 1. The van der Waals surface area contributed by atoms with E-state index >= 15 is 0 Å². The predicted molar refractivity (Wildman–Crippen MR) is 57.8 cm³/mol. The smallest absolute Gasteiger partial charge is 0.0372 e. The molecule has 1 aromatic rings. The summed E-state index contributed by atoms with van der Waals surface area (Å²) in [6.45, 7) is 4.25. The fourth-order valence-corrected chi connectivity index (χ4v) is 1.90. The molecular weight excluding hydrogens is 172 g/mol. The highest BCUT2D eigenvalue weighted by Crippen LogP contribution is 2.41. The van der Waals surface area contributed by atoms with Crippen molar-refractivity contribution in [1.29, 1.82) is 0 Å². The molecule has 0 aromatic carbocycles. The van der Waals surface area contributed by atoms with Gasteiger partial charge in [0, 0.05) is 17.9 Å². The van der Waals surface area contributed by atoms with E-state index in [0.717, 1.165) is 11.6 Å². The zero-order chi connectivity index (χ0) is 10.1. The molecule has 76 valence electrons. The van der Waals surface area contributed by atoms with Gasteiger partial charge in [0.05, 0.1) is 0 Å². The summed E-state index contributed by atoms with van der Waals surface area (Å²) in [6.07, 6.45) is 4.63. The first-order chi connectivity index (χ1) is 6.68. The van der Waals surface area contributed by atoms with Crippen molar-refractivity contribution in [3.63, 3.8) is 0 Å². The molecule has 0 spiro atoms. The van der Waals surface area contributed by atoms with Crippen LogP contribution in [0.5, 0.6) is 0 Å². The molecule has 0 amide bonds. The SMILES string of the molecule is Cc1ccc(C(N)C(C)C2CC2)cn1. The minimum absolute atomic E-state index is 0.163. The molecule has 2 rings (SSSR count). The van der Waals surface area contributed by atoms with Crippen molar-refractivity contribution in [2.45, 2.75) is 32.7 Å². The molecule has 1 aliphatic carbocycles. The summed E-state index contributed by atoms with van der Waals surface area (Å²) in [4.78, 5) is 4.28. The van der Waals surface area contributed by atoms with Gasteiger partial charge in [-0.3, -0.25) is 4.98 Å². The molecule has 1 fully saturated rings. The van der Waals surface area contributed by atoms with Crippen LogP contribution >= 0.6 is 0 Å². The maximum atomic E-state index is 6.19. The standard InChI is InChI=1S/C12H18N2/c1-8-3-4-11(7-14-8)12(13)9(2)10-5-6-10/h3-4,7,9-10,12H,5-6,13H2,1-2H3. The van der Waals surface area contributed by atoms with Crippen LogP contribution in [0, 0.1) is 18.8 Å². The zero-order valence-corrected chi connectivity index (χ0v) is 8.90. The van der Waals surface area contributed by atoms with Crippen LogP contribution in [0.3, 0.4) is 0 Å². The van der Waals surface area contributed by atoms with Crippen molar-refractivity contribution in [2.75, 3.05) is 0 Å². The summed E-state index contributed by atoms with van der Waals surface area (Å²) in [5.74, 6) is 1.45. The van der Waals surface area contributed by atoms with Crippen LogP contribution in [0.4, 0.5) is 0 Å². The molecule has 0 bridgehead atoms. The third kappa shape index (κ3) is 1.95. The molecule has 0 saturated heterocycles. The summed E-state index contributed by atoms with van der Waals surface area (Å²) in [7, 11) is 0. The molecule has 1 aliphatic rings. The first-order valence-corrected chi connectivity index (χ1v) is 5.36. The first-order valence-electron chi connectivity index (χ1n) is 5.36. The Kier molecular flexibility index (Phi) is 2.55. The molecule has 14 heavy (non-hydrogen) atoms. The molecule has 1 aromatic heterocycles. The highest BCUT2D eigenvalue weighted by Gasteiger charge is 2.32. The van der Waals surface area contributed by atoms with E-state index in [1.54, 1.807) is 0 Å². The molecule has 2 heteroatoms. The minimum Gasteiger partial charge on any atom is -0.324 e. The second-order valence-electron chi connectivity index (χ2n) is 4.46. The Morgan fingerprint density at radius 2 is 2.14 bits per heavy atom. The second-order valence-corrected chi connectivity index (χ2v) is 4.46. The number of rotatable bonds is 3. The lowest BCUT2D eigenvalue weighted by molar-refractivity contribution is 0.416. The number of aryl methyl sites for hydroxylation is 1. The van der Waals surface area contributed by atoms with Gasteiger partial charge < -0.3 is 5.73 Å². The molecule has 0 radical (unpaired) electrons. The van der Waals surface area contributed by atoms with Crippen LogP contribution in [-0.2, 0) is 0 Å². The molecule has 2 N–H and O–H groups in total. The number of hydrogen-bond acceptors (Lipinski definition) is 2. The van der Waals surface area contributed by atoms with Crippen molar-refractivity contribution in [2.24, 2.45) is 17.6 Å². The van der Waals surface area contributed by atoms with E-state index in [0.29, 0.717) is 5.92 Å². The highest BCUT2D eigenvalue weighted by molar-refractivity contribution is 5.18. The Hall–Kier alpha value is -0.890. The van der Waals surface area contributed by atoms with Gasteiger partial charge in [-0.25, -0.2) is 0 Å². The number of nitrogens with zero attached hydrogens (tertiary/aromatic N) is 1. The largest absolute Gasteiger partial charge is 0.324 e. The van der Waals surface area contributed by atoms with E-state index in [1.165, 1.54) is 18.4 Å². The van der Waals surface area contributed by atoms with Crippen LogP contribution in [0.2, 0.25) is 0 Å². The Labute approximate surface area is 85.5 Å². The van der Waals surface area contributed by atoms with Crippen molar-refractivity contribution in [3.05, 3.63) is 29.6 Å². The van der Waals surface area contributed by atoms with Gasteiger partial charge >= 0.3 is 0 Å². The van der Waals surface area contributed by atoms with Gasteiger partial charge in [-0.1, -0.05) is 13.0 Å². The van der Waals surface area contributed by atoms with Gasteiger partial charge in [-0.05, 0) is 43.2 Å². The van der Waals surface area contributed by atoms with Crippen molar-refractivity contribution >= 4 is 0 Å². The van der Waals surface area contributed by atoms with Crippen molar-refractivity contribution in [3.8, 4) is 0 Å². The number of hydrogen-bond donors (Lipinski definition) is 1. The van der Waals surface area contributed by atoms with Gasteiger partial charge in [0.15, 0.2) is 0 Å². The quantitative estimate of drug-likeness (QED) is 0.795. The molecular formula is C12H18N2. The lowest BCUT2D eigenvalue weighted by Crippen LogP contribution is -2.20. The van der Waals surface area contributed by atoms with E-state index in [9.17, 15) is 0 Å². The summed E-state index contributed by atoms with van der Waals surface area (Å²) in [6, 6.07) is 4.30. The average Bonchev–Trinajstić information content (AvgIpc) is 3.00. The average molecular weight is 190 g/mol. The molecule has 1 heterocycles. The maximum Gasteiger partial charge on any atom is 0.0372 e. The van der Waals surface area contributed by atoms with E-state index in [4.69, 9.17) is 5.73 Å². The molecule has 1 saturated carbocycles.